The first-order chi connectivity index (χ1) is 7.39. The molecule has 0 aliphatic carbocycles. The van der Waals surface area contributed by atoms with Crippen LogP contribution in [0.3, 0.4) is 0 Å². The molecular formula is C9H14F3NO3. The van der Waals surface area contributed by atoms with E-state index in [0.29, 0.717) is 6.61 Å². The van der Waals surface area contributed by atoms with Gasteiger partial charge in [0.05, 0.1) is 19.1 Å². The Morgan fingerprint density at radius 1 is 1.56 bits per heavy atom. The zero-order chi connectivity index (χ0) is 12.2. The Labute approximate surface area is 90.8 Å². The second kappa shape index (κ2) is 5.49. The lowest BCUT2D eigenvalue weighted by atomic mass is 10.2. The number of alkyl halides is 3. The van der Waals surface area contributed by atoms with Crippen molar-refractivity contribution in [2.24, 2.45) is 0 Å². The van der Waals surface area contributed by atoms with Gasteiger partial charge in [0.1, 0.15) is 0 Å². The highest BCUT2D eigenvalue weighted by atomic mass is 19.4. The molecule has 1 heterocycles. The Bertz CT molecular complexity index is 239. The van der Waals surface area contributed by atoms with Crippen molar-refractivity contribution in [2.45, 2.75) is 37.6 Å². The number of aliphatic hydroxyl groups is 1. The van der Waals surface area contributed by atoms with Crippen molar-refractivity contribution >= 4 is 5.91 Å². The number of hydrogen-bond donors (Lipinski definition) is 2. The van der Waals surface area contributed by atoms with Gasteiger partial charge in [0, 0.05) is 6.61 Å². The van der Waals surface area contributed by atoms with E-state index in [1.54, 1.807) is 0 Å². The van der Waals surface area contributed by atoms with Crippen molar-refractivity contribution < 1.29 is 27.8 Å². The number of ether oxygens (including phenoxy) is 1. The largest absolute Gasteiger partial charge is 0.416 e. The van der Waals surface area contributed by atoms with E-state index in [1.807, 2.05) is 5.32 Å². The standard InChI is InChI=1S/C9H14F3NO3/c10-9(11,12)7(14)5-13-8(15)4-6-2-1-3-16-6/h6-7,14H,1-5H2,(H,13,15). The van der Waals surface area contributed by atoms with E-state index >= 15 is 0 Å². The fourth-order valence-corrected chi connectivity index (χ4v) is 1.41. The third kappa shape index (κ3) is 4.36. The van der Waals surface area contributed by atoms with Crippen LogP contribution < -0.4 is 5.32 Å². The molecule has 0 aromatic carbocycles. The van der Waals surface area contributed by atoms with E-state index < -0.39 is 24.7 Å². The summed E-state index contributed by atoms with van der Waals surface area (Å²) in [5.74, 6) is -0.532. The van der Waals surface area contributed by atoms with Crippen molar-refractivity contribution in [1.82, 2.24) is 5.32 Å². The number of hydrogen-bond acceptors (Lipinski definition) is 3. The zero-order valence-electron chi connectivity index (χ0n) is 8.59. The number of halogens is 3. The highest BCUT2D eigenvalue weighted by Crippen LogP contribution is 2.19. The second-order valence-corrected chi connectivity index (χ2v) is 3.70. The summed E-state index contributed by atoms with van der Waals surface area (Å²) < 4.78 is 40.8. The molecule has 0 aromatic rings. The molecule has 1 aliphatic heterocycles. The summed E-state index contributed by atoms with van der Waals surface area (Å²) in [5, 5.41) is 10.7. The minimum Gasteiger partial charge on any atom is -0.382 e. The van der Waals surface area contributed by atoms with Gasteiger partial charge in [0.15, 0.2) is 6.10 Å². The topological polar surface area (TPSA) is 58.6 Å². The summed E-state index contributed by atoms with van der Waals surface area (Å²) in [5.41, 5.74) is 0. The predicted molar refractivity (Wildman–Crippen MR) is 48.7 cm³/mol. The van der Waals surface area contributed by atoms with Crippen LogP contribution >= 0.6 is 0 Å². The highest BCUT2D eigenvalue weighted by molar-refractivity contribution is 5.76. The lowest BCUT2D eigenvalue weighted by molar-refractivity contribution is -0.201. The van der Waals surface area contributed by atoms with Crippen LogP contribution in [0.15, 0.2) is 0 Å². The molecule has 16 heavy (non-hydrogen) atoms. The van der Waals surface area contributed by atoms with Crippen LogP contribution in [0.1, 0.15) is 19.3 Å². The van der Waals surface area contributed by atoms with Crippen LogP contribution in [0.2, 0.25) is 0 Å². The molecular weight excluding hydrogens is 227 g/mol. The van der Waals surface area contributed by atoms with E-state index in [1.165, 1.54) is 0 Å². The van der Waals surface area contributed by atoms with Crippen LogP contribution in [0.5, 0.6) is 0 Å². The van der Waals surface area contributed by atoms with Crippen molar-refractivity contribution in [3.05, 3.63) is 0 Å². The van der Waals surface area contributed by atoms with Gasteiger partial charge in [0.2, 0.25) is 5.91 Å². The number of carbonyl (C=O) groups is 1. The third-order valence-electron chi connectivity index (χ3n) is 2.31. The summed E-state index contributed by atoms with van der Waals surface area (Å²) >= 11 is 0. The summed E-state index contributed by atoms with van der Waals surface area (Å²) in [6.07, 6.45) is -5.76. The Morgan fingerprint density at radius 3 is 2.75 bits per heavy atom. The number of carbonyl (C=O) groups excluding carboxylic acids is 1. The molecule has 1 saturated heterocycles. The zero-order valence-corrected chi connectivity index (χ0v) is 8.59. The molecule has 0 aromatic heterocycles. The first-order valence-corrected chi connectivity index (χ1v) is 5.02. The lowest BCUT2D eigenvalue weighted by Crippen LogP contribution is -2.41. The van der Waals surface area contributed by atoms with Gasteiger partial charge in [-0.15, -0.1) is 0 Å². The van der Waals surface area contributed by atoms with Crippen LogP contribution in [0, 0.1) is 0 Å². The van der Waals surface area contributed by atoms with E-state index in [9.17, 15) is 18.0 Å². The van der Waals surface area contributed by atoms with Crippen molar-refractivity contribution in [1.29, 1.82) is 0 Å². The van der Waals surface area contributed by atoms with E-state index in [0.717, 1.165) is 12.8 Å². The summed E-state index contributed by atoms with van der Waals surface area (Å²) in [4.78, 5) is 11.2. The van der Waals surface area contributed by atoms with Gasteiger partial charge in [-0.05, 0) is 12.8 Å². The molecule has 2 unspecified atom stereocenters. The molecule has 2 atom stereocenters. The molecule has 4 nitrogen and oxygen atoms in total. The van der Waals surface area contributed by atoms with Gasteiger partial charge in [0.25, 0.3) is 0 Å². The molecule has 7 heteroatoms. The van der Waals surface area contributed by atoms with Crippen LogP contribution in [-0.4, -0.2) is 42.5 Å². The quantitative estimate of drug-likeness (QED) is 0.757. The monoisotopic (exact) mass is 241 g/mol. The maximum Gasteiger partial charge on any atom is 0.416 e. The fraction of sp³-hybridized carbons (Fsp3) is 0.889. The number of amides is 1. The highest BCUT2D eigenvalue weighted by Gasteiger charge is 2.38. The van der Waals surface area contributed by atoms with Crippen LogP contribution in [-0.2, 0) is 9.53 Å². The molecule has 1 aliphatic rings. The Morgan fingerprint density at radius 2 is 2.25 bits per heavy atom. The summed E-state index contributed by atoms with van der Waals surface area (Å²) in [6.45, 7) is -0.224. The molecule has 94 valence electrons. The molecule has 0 saturated carbocycles. The Kier molecular flexibility index (Phi) is 4.55. The van der Waals surface area contributed by atoms with E-state index in [-0.39, 0.29) is 12.5 Å². The van der Waals surface area contributed by atoms with E-state index in [4.69, 9.17) is 9.84 Å². The van der Waals surface area contributed by atoms with E-state index in [2.05, 4.69) is 0 Å². The summed E-state index contributed by atoms with van der Waals surface area (Å²) in [6, 6.07) is 0. The molecule has 2 N–H and O–H groups in total. The van der Waals surface area contributed by atoms with Gasteiger partial charge < -0.3 is 15.2 Å². The maximum absolute atomic E-state index is 11.9. The molecule has 0 spiro atoms. The van der Waals surface area contributed by atoms with Crippen molar-refractivity contribution in [2.75, 3.05) is 13.2 Å². The van der Waals surface area contributed by atoms with Gasteiger partial charge in [-0.2, -0.15) is 13.2 Å². The Balaban J connectivity index is 2.19. The molecule has 1 rings (SSSR count). The predicted octanol–water partition coefficient (Wildman–Crippen LogP) is 0.595. The van der Waals surface area contributed by atoms with Gasteiger partial charge >= 0.3 is 6.18 Å². The molecule has 0 radical (unpaired) electrons. The first-order valence-electron chi connectivity index (χ1n) is 5.02. The minimum atomic E-state index is -4.70. The normalized spacial score (nSPS) is 23.1. The SMILES string of the molecule is O=C(CC1CCCO1)NCC(O)C(F)(F)F. The van der Waals surface area contributed by atoms with Crippen molar-refractivity contribution in [3.8, 4) is 0 Å². The smallest absolute Gasteiger partial charge is 0.382 e. The molecule has 1 fully saturated rings. The average molecular weight is 241 g/mol. The van der Waals surface area contributed by atoms with Crippen molar-refractivity contribution in [3.63, 3.8) is 0 Å². The minimum absolute atomic E-state index is 0.0462. The number of aliphatic hydroxyl groups excluding tert-OH is 1. The van der Waals surface area contributed by atoms with Gasteiger partial charge in [-0.3, -0.25) is 4.79 Å². The fourth-order valence-electron chi connectivity index (χ4n) is 1.41. The first kappa shape index (κ1) is 13.2. The molecule has 0 bridgehead atoms. The Hall–Kier alpha value is -0.820. The maximum atomic E-state index is 11.9. The van der Waals surface area contributed by atoms with Crippen LogP contribution in [0.25, 0.3) is 0 Å². The molecule has 1 amide bonds. The number of rotatable bonds is 4. The van der Waals surface area contributed by atoms with Gasteiger partial charge in [-0.1, -0.05) is 0 Å². The third-order valence-corrected chi connectivity index (χ3v) is 2.31. The second-order valence-electron chi connectivity index (χ2n) is 3.70. The average Bonchev–Trinajstić information content (AvgIpc) is 2.65. The number of nitrogens with one attached hydrogen (secondary N) is 1. The lowest BCUT2D eigenvalue weighted by Gasteiger charge is -2.15. The van der Waals surface area contributed by atoms with Crippen LogP contribution in [0.4, 0.5) is 13.2 Å². The summed E-state index contributed by atoms with van der Waals surface area (Å²) in [7, 11) is 0. The van der Waals surface area contributed by atoms with Gasteiger partial charge in [-0.25, -0.2) is 0 Å².